The maximum absolute atomic E-state index is 13.1. The van der Waals surface area contributed by atoms with Gasteiger partial charge < -0.3 is 5.32 Å². The summed E-state index contributed by atoms with van der Waals surface area (Å²) in [5, 5.41) is 2.79. The van der Waals surface area contributed by atoms with Gasteiger partial charge in [-0.3, -0.25) is 4.79 Å². The van der Waals surface area contributed by atoms with E-state index in [9.17, 15) is 18.0 Å². The Morgan fingerprint density at radius 2 is 1.74 bits per heavy atom. The molecule has 3 aromatic rings. The van der Waals surface area contributed by atoms with E-state index in [-0.39, 0.29) is 16.4 Å². The van der Waals surface area contributed by atoms with E-state index >= 15 is 0 Å². The Hall–Kier alpha value is -2.61. The fourth-order valence-corrected chi connectivity index (χ4v) is 3.38. The Bertz CT molecular complexity index is 948. The first kappa shape index (κ1) is 19.2. The molecule has 1 atom stereocenters. The minimum absolute atomic E-state index is 0.135. The first-order chi connectivity index (χ1) is 12.8. The van der Waals surface area contributed by atoms with E-state index in [1.54, 1.807) is 25.1 Å². The molecule has 8 heteroatoms. The number of rotatable bonds is 5. The monoisotopic (exact) mass is 391 g/mol. The number of nitrogens with zero attached hydrogens (tertiary/aromatic N) is 2. The Morgan fingerprint density at radius 3 is 2.44 bits per heavy atom. The van der Waals surface area contributed by atoms with Crippen molar-refractivity contribution in [2.24, 2.45) is 0 Å². The maximum Gasteiger partial charge on any atom is 0.451 e. The topological polar surface area (TPSA) is 54.9 Å². The summed E-state index contributed by atoms with van der Waals surface area (Å²) < 4.78 is 39.3. The van der Waals surface area contributed by atoms with Crippen LogP contribution in [0.2, 0.25) is 0 Å². The van der Waals surface area contributed by atoms with Gasteiger partial charge in [-0.05, 0) is 18.6 Å². The molecule has 1 N–H and O–H groups in total. The van der Waals surface area contributed by atoms with Crippen LogP contribution in [0.3, 0.4) is 0 Å². The van der Waals surface area contributed by atoms with Gasteiger partial charge >= 0.3 is 6.18 Å². The van der Waals surface area contributed by atoms with Gasteiger partial charge in [0.05, 0.1) is 10.8 Å². The zero-order valence-electron chi connectivity index (χ0n) is 14.3. The van der Waals surface area contributed by atoms with Crippen molar-refractivity contribution in [2.45, 2.75) is 29.9 Å². The lowest BCUT2D eigenvalue weighted by Gasteiger charge is -2.14. The zero-order valence-corrected chi connectivity index (χ0v) is 15.1. The van der Waals surface area contributed by atoms with E-state index in [0.29, 0.717) is 11.9 Å². The van der Waals surface area contributed by atoms with Crippen LogP contribution < -0.4 is 5.32 Å². The summed E-state index contributed by atoms with van der Waals surface area (Å²) in [6.07, 6.45) is -4.65. The Morgan fingerprint density at radius 1 is 1.07 bits per heavy atom. The number of carbonyl (C=O) groups excluding carboxylic acids is 1. The molecule has 0 unspecified atom stereocenters. The molecule has 0 aliphatic rings. The molecule has 1 heterocycles. The molecule has 3 rings (SSSR count). The number of amides is 1. The third-order valence-corrected chi connectivity index (χ3v) is 4.89. The summed E-state index contributed by atoms with van der Waals surface area (Å²) in [4.78, 5) is 19.6. The Balaban J connectivity index is 1.79. The number of carbonyl (C=O) groups is 1. The molecule has 140 valence electrons. The molecule has 0 fully saturated rings. The molecule has 27 heavy (non-hydrogen) atoms. The fraction of sp³-hybridized carbons (Fsp3) is 0.211. The molecule has 0 saturated carbocycles. The Labute approximate surface area is 158 Å². The number of hydrogen-bond acceptors (Lipinski definition) is 4. The summed E-state index contributed by atoms with van der Waals surface area (Å²) in [6, 6.07) is 15.8. The molecule has 2 aromatic carbocycles. The molecular weight excluding hydrogens is 375 g/mol. The molecule has 0 saturated heterocycles. The van der Waals surface area contributed by atoms with Crippen molar-refractivity contribution in [2.75, 3.05) is 0 Å². The third-order valence-electron chi connectivity index (χ3n) is 3.79. The molecule has 4 nitrogen and oxygen atoms in total. The Kier molecular flexibility index (Phi) is 5.65. The molecule has 0 spiro atoms. The van der Waals surface area contributed by atoms with Crippen molar-refractivity contribution in [3.8, 4) is 0 Å². The van der Waals surface area contributed by atoms with E-state index in [0.717, 1.165) is 17.3 Å². The SMILES string of the molecule is C[C@@H](Sc1nc(C(F)(F)F)nc2ccccc12)C(=O)NCc1ccccc1. The second kappa shape index (κ2) is 7.96. The average molecular weight is 391 g/mol. The summed E-state index contributed by atoms with van der Waals surface area (Å²) in [5.41, 5.74) is 1.13. The first-order valence-corrected chi connectivity index (χ1v) is 9.05. The van der Waals surface area contributed by atoms with Crippen molar-refractivity contribution in [1.29, 1.82) is 0 Å². The van der Waals surface area contributed by atoms with E-state index < -0.39 is 17.3 Å². The zero-order chi connectivity index (χ0) is 19.4. The average Bonchev–Trinajstić information content (AvgIpc) is 2.66. The molecule has 0 aliphatic heterocycles. The highest BCUT2D eigenvalue weighted by atomic mass is 32.2. The van der Waals surface area contributed by atoms with Crippen LogP contribution in [0.1, 0.15) is 18.3 Å². The van der Waals surface area contributed by atoms with Gasteiger partial charge in [-0.2, -0.15) is 13.2 Å². The first-order valence-electron chi connectivity index (χ1n) is 8.17. The number of thioether (sulfide) groups is 1. The lowest BCUT2D eigenvalue weighted by Crippen LogP contribution is -2.30. The van der Waals surface area contributed by atoms with Gasteiger partial charge in [0.2, 0.25) is 11.7 Å². The molecule has 0 radical (unpaired) electrons. The normalized spacial score (nSPS) is 12.7. The lowest BCUT2D eigenvalue weighted by molar-refractivity contribution is -0.145. The van der Waals surface area contributed by atoms with Crippen molar-refractivity contribution in [1.82, 2.24) is 15.3 Å². The second-order valence-corrected chi connectivity index (χ2v) is 7.16. The van der Waals surface area contributed by atoms with Crippen LogP contribution in [-0.4, -0.2) is 21.1 Å². The largest absolute Gasteiger partial charge is 0.451 e. The maximum atomic E-state index is 13.1. The number of fused-ring (bicyclic) bond motifs is 1. The van der Waals surface area contributed by atoms with Crippen molar-refractivity contribution in [3.63, 3.8) is 0 Å². The molecule has 0 bridgehead atoms. The lowest BCUT2D eigenvalue weighted by atomic mass is 10.2. The number of halogens is 3. The summed E-state index contributed by atoms with van der Waals surface area (Å²) in [5.74, 6) is -1.49. The van der Waals surface area contributed by atoms with Crippen LogP contribution in [0.5, 0.6) is 0 Å². The molecule has 0 aliphatic carbocycles. The van der Waals surface area contributed by atoms with Gasteiger partial charge in [-0.15, -0.1) is 0 Å². The number of benzene rings is 2. The third kappa shape index (κ3) is 4.77. The predicted molar refractivity (Wildman–Crippen MR) is 98.1 cm³/mol. The van der Waals surface area contributed by atoms with E-state index in [1.807, 2.05) is 30.3 Å². The fourth-order valence-electron chi connectivity index (χ4n) is 2.41. The highest BCUT2D eigenvalue weighted by Gasteiger charge is 2.35. The number of hydrogen-bond donors (Lipinski definition) is 1. The van der Waals surface area contributed by atoms with Crippen molar-refractivity contribution < 1.29 is 18.0 Å². The van der Waals surface area contributed by atoms with Crippen LogP contribution in [0.4, 0.5) is 13.2 Å². The van der Waals surface area contributed by atoms with Crippen LogP contribution >= 0.6 is 11.8 Å². The number of nitrogens with one attached hydrogen (secondary N) is 1. The van der Waals surface area contributed by atoms with Crippen LogP contribution in [-0.2, 0) is 17.5 Å². The minimum Gasteiger partial charge on any atom is -0.351 e. The standard InChI is InChI=1S/C19H16F3N3OS/c1-12(16(26)23-11-13-7-3-2-4-8-13)27-17-14-9-5-6-10-15(14)24-18(25-17)19(20,21)22/h2-10,12H,11H2,1H3,(H,23,26)/t12-/m1/s1. The van der Waals surface area contributed by atoms with Crippen LogP contribution in [0.25, 0.3) is 10.9 Å². The van der Waals surface area contributed by atoms with Gasteiger partial charge in [0.15, 0.2) is 0 Å². The van der Waals surface area contributed by atoms with Gasteiger partial charge in [-0.25, -0.2) is 9.97 Å². The summed E-state index contributed by atoms with van der Waals surface area (Å²) >= 11 is 0.983. The van der Waals surface area contributed by atoms with Crippen LogP contribution in [0.15, 0.2) is 59.6 Å². The summed E-state index contributed by atoms with van der Waals surface area (Å²) in [7, 11) is 0. The van der Waals surface area contributed by atoms with Gasteiger partial charge in [0.1, 0.15) is 5.03 Å². The number of alkyl halides is 3. The van der Waals surface area contributed by atoms with Gasteiger partial charge in [-0.1, -0.05) is 60.3 Å². The van der Waals surface area contributed by atoms with Crippen molar-refractivity contribution in [3.05, 3.63) is 66.0 Å². The van der Waals surface area contributed by atoms with Crippen LogP contribution in [0, 0.1) is 0 Å². The van der Waals surface area contributed by atoms with Gasteiger partial charge in [0, 0.05) is 11.9 Å². The number of para-hydroxylation sites is 1. The molecule has 1 amide bonds. The molecule has 1 aromatic heterocycles. The van der Waals surface area contributed by atoms with Crippen molar-refractivity contribution >= 4 is 28.6 Å². The minimum atomic E-state index is -4.65. The smallest absolute Gasteiger partial charge is 0.351 e. The van der Waals surface area contributed by atoms with Gasteiger partial charge in [0.25, 0.3) is 0 Å². The quantitative estimate of drug-likeness (QED) is 0.516. The van der Waals surface area contributed by atoms with E-state index in [1.165, 1.54) is 6.07 Å². The highest BCUT2D eigenvalue weighted by Crippen LogP contribution is 2.33. The predicted octanol–water partition coefficient (Wildman–Crippen LogP) is 4.45. The highest BCUT2D eigenvalue weighted by molar-refractivity contribution is 8.00. The number of aromatic nitrogens is 2. The molecular formula is C19H16F3N3OS. The van der Waals surface area contributed by atoms with E-state index in [2.05, 4.69) is 15.3 Å². The second-order valence-electron chi connectivity index (χ2n) is 5.83. The summed E-state index contributed by atoms with van der Waals surface area (Å²) in [6.45, 7) is 1.98. The van der Waals surface area contributed by atoms with E-state index in [4.69, 9.17) is 0 Å².